The molecule has 0 aromatic heterocycles. The molecule has 1 N–H and O–H groups in total. The maximum absolute atomic E-state index is 12.7. The zero-order valence-electron chi connectivity index (χ0n) is 11.2. The molecular formula is C16H15F3O. The van der Waals surface area contributed by atoms with Crippen molar-refractivity contribution in [2.45, 2.75) is 26.1 Å². The second-order valence-corrected chi connectivity index (χ2v) is 4.81. The van der Waals surface area contributed by atoms with Gasteiger partial charge in [0.05, 0.1) is 5.56 Å². The summed E-state index contributed by atoms with van der Waals surface area (Å²) in [5.41, 5.74) is 2.00. The average Bonchev–Trinajstić information content (AvgIpc) is 2.40. The number of hydrogen-bond donors (Lipinski definition) is 1. The summed E-state index contributed by atoms with van der Waals surface area (Å²) in [6, 6.07) is 10.2. The van der Waals surface area contributed by atoms with Crippen LogP contribution in [0.3, 0.4) is 0 Å². The summed E-state index contributed by atoms with van der Waals surface area (Å²) < 4.78 is 38.1. The van der Waals surface area contributed by atoms with E-state index in [9.17, 15) is 18.3 Å². The minimum atomic E-state index is -4.41. The molecule has 0 radical (unpaired) electrons. The van der Waals surface area contributed by atoms with Crippen LogP contribution in [0.2, 0.25) is 0 Å². The molecule has 2 rings (SSSR count). The van der Waals surface area contributed by atoms with Crippen molar-refractivity contribution in [3.05, 3.63) is 70.3 Å². The molecule has 0 bridgehead atoms. The molecule has 106 valence electrons. The Balaban J connectivity index is 2.44. The van der Waals surface area contributed by atoms with Crippen LogP contribution < -0.4 is 0 Å². The summed E-state index contributed by atoms with van der Waals surface area (Å²) in [7, 11) is 0. The Bertz CT molecular complexity index is 617. The van der Waals surface area contributed by atoms with E-state index in [1.54, 1.807) is 12.1 Å². The predicted octanol–water partition coefficient (Wildman–Crippen LogP) is 4.40. The highest BCUT2D eigenvalue weighted by Crippen LogP contribution is 2.33. The molecule has 0 heterocycles. The van der Waals surface area contributed by atoms with Gasteiger partial charge in [0, 0.05) is 0 Å². The van der Waals surface area contributed by atoms with Gasteiger partial charge in [-0.15, -0.1) is 0 Å². The lowest BCUT2D eigenvalue weighted by molar-refractivity contribution is -0.137. The Hall–Kier alpha value is -1.81. The number of alkyl halides is 3. The molecule has 1 atom stereocenters. The Morgan fingerprint density at radius 1 is 1.00 bits per heavy atom. The van der Waals surface area contributed by atoms with Crippen LogP contribution in [0.25, 0.3) is 0 Å². The van der Waals surface area contributed by atoms with Gasteiger partial charge in [-0.2, -0.15) is 13.2 Å². The molecule has 1 unspecified atom stereocenters. The maximum Gasteiger partial charge on any atom is 0.416 e. The fourth-order valence-corrected chi connectivity index (χ4v) is 2.13. The summed E-state index contributed by atoms with van der Waals surface area (Å²) >= 11 is 0. The molecule has 0 aliphatic rings. The predicted molar refractivity (Wildman–Crippen MR) is 71.4 cm³/mol. The van der Waals surface area contributed by atoms with Gasteiger partial charge in [0.25, 0.3) is 0 Å². The molecule has 4 heteroatoms. The second kappa shape index (κ2) is 5.29. The lowest BCUT2D eigenvalue weighted by Gasteiger charge is -2.17. The first-order chi connectivity index (χ1) is 9.30. The topological polar surface area (TPSA) is 20.2 Å². The van der Waals surface area contributed by atoms with Crippen molar-refractivity contribution in [3.8, 4) is 0 Å². The van der Waals surface area contributed by atoms with Gasteiger partial charge in [-0.25, -0.2) is 0 Å². The SMILES string of the molecule is Cc1cccc(C(O)c2cccc(C(F)(F)F)c2)c1C. The number of aliphatic hydroxyl groups is 1. The van der Waals surface area contributed by atoms with Crippen molar-refractivity contribution >= 4 is 0 Å². The standard InChI is InChI=1S/C16H15F3O/c1-10-5-3-8-14(11(10)2)15(20)12-6-4-7-13(9-12)16(17,18)19/h3-9,15,20H,1-2H3. The van der Waals surface area contributed by atoms with E-state index < -0.39 is 17.8 Å². The highest BCUT2D eigenvalue weighted by Gasteiger charge is 2.31. The fraction of sp³-hybridized carbons (Fsp3) is 0.250. The van der Waals surface area contributed by atoms with Crippen LogP contribution in [-0.4, -0.2) is 5.11 Å². The molecular weight excluding hydrogens is 265 g/mol. The quantitative estimate of drug-likeness (QED) is 0.864. The normalized spacial score (nSPS) is 13.3. The van der Waals surface area contributed by atoms with Gasteiger partial charge in [-0.1, -0.05) is 30.3 Å². The van der Waals surface area contributed by atoms with Crippen LogP contribution in [-0.2, 0) is 6.18 Å². The summed E-state index contributed by atoms with van der Waals surface area (Å²) in [4.78, 5) is 0. The third-order valence-electron chi connectivity index (χ3n) is 3.47. The van der Waals surface area contributed by atoms with Crippen LogP contribution in [0.1, 0.15) is 33.9 Å². The summed E-state index contributed by atoms with van der Waals surface area (Å²) in [5, 5.41) is 10.3. The lowest BCUT2D eigenvalue weighted by atomic mass is 9.94. The monoisotopic (exact) mass is 280 g/mol. The number of aliphatic hydroxyl groups excluding tert-OH is 1. The van der Waals surface area contributed by atoms with Crippen LogP contribution >= 0.6 is 0 Å². The van der Waals surface area contributed by atoms with Crippen molar-refractivity contribution in [1.82, 2.24) is 0 Å². The van der Waals surface area contributed by atoms with E-state index >= 15 is 0 Å². The Labute approximate surface area is 115 Å². The molecule has 0 fully saturated rings. The molecule has 1 nitrogen and oxygen atoms in total. The van der Waals surface area contributed by atoms with Crippen LogP contribution in [0.4, 0.5) is 13.2 Å². The Morgan fingerprint density at radius 2 is 1.65 bits per heavy atom. The molecule has 0 amide bonds. The van der Waals surface area contributed by atoms with Gasteiger partial charge in [0.15, 0.2) is 0 Å². The van der Waals surface area contributed by atoms with E-state index in [2.05, 4.69) is 0 Å². The fourth-order valence-electron chi connectivity index (χ4n) is 2.13. The summed E-state index contributed by atoms with van der Waals surface area (Å²) in [5.74, 6) is 0. The number of aryl methyl sites for hydroxylation is 1. The van der Waals surface area contributed by atoms with E-state index in [4.69, 9.17) is 0 Å². The molecule has 0 aliphatic heterocycles. The second-order valence-electron chi connectivity index (χ2n) is 4.81. The van der Waals surface area contributed by atoms with Gasteiger partial charge in [-0.3, -0.25) is 0 Å². The zero-order valence-corrected chi connectivity index (χ0v) is 11.2. The van der Waals surface area contributed by atoms with E-state index in [1.165, 1.54) is 12.1 Å². The lowest BCUT2D eigenvalue weighted by Crippen LogP contribution is -2.08. The molecule has 0 aliphatic carbocycles. The minimum absolute atomic E-state index is 0.244. The van der Waals surface area contributed by atoms with E-state index in [-0.39, 0.29) is 5.56 Å². The number of halogens is 3. The van der Waals surface area contributed by atoms with Gasteiger partial charge >= 0.3 is 6.18 Å². The van der Waals surface area contributed by atoms with E-state index in [0.717, 1.165) is 23.3 Å². The first kappa shape index (κ1) is 14.6. The number of rotatable bonds is 2. The summed E-state index contributed by atoms with van der Waals surface area (Å²) in [6.45, 7) is 3.75. The number of hydrogen-bond acceptors (Lipinski definition) is 1. The molecule has 20 heavy (non-hydrogen) atoms. The zero-order chi connectivity index (χ0) is 14.9. The van der Waals surface area contributed by atoms with Gasteiger partial charge in [0.1, 0.15) is 6.10 Å². The maximum atomic E-state index is 12.7. The first-order valence-corrected chi connectivity index (χ1v) is 6.22. The smallest absolute Gasteiger partial charge is 0.384 e. The average molecular weight is 280 g/mol. The number of benzene rings is 2. The van der Waals surface area contributed by atoms with E-state index in [1.807, 2.05) is 19.9 Å². The van der Waals surface area contributed by atoms with Crippen LogP contribution in [0, 0.1) is 13.8 Å². The highest BCUT2D eigenvalue weighted by molar-refractivity contribution is 5.40. The largest absolute Gasteiger partial charge is 0.416 e. The molecule has 0 saturated carbocycles. The molecule has 0 saturated heterocycles. The van der Waals surface area contributed by atoms with Gasteiger partial charge < -0.3 is 5.11 Å². The van der Waals surface area contributed by atoms with Crippen LogP contribution in [0.15, 0.2) is 42.5 Å². The van der Waals surface area contributed by atoms with Crippen molar-refractivity contribution < 1.29 is 18.3 Å². The van der Waals surface area contributed by atoms with Crippen molar-refractivity contribution in [2.75, 3.05) is 0 Å². The Morgan fingerprint density at radius 3 is 2.30 bits per heavy atom. The third kappa shape index (κ3) is 2.85. The van der Waals surface area contributed by atoms with Crippen molar-refractivity contribution in [3.63, 3.8) is 0 Å². The van der Waals surface area contributed by atoms with Crippen molar-refractivity contribution in [2.24, 2.45) is 0 Å². The summed E-state index contributed by atoms with van der Waals surface area (Å²) in [6.07, 6.45) is -5.46. The van der Waals surface area contributed by atoms with Gasteiger partial charge in [0.2, 0.25) is 0 Å². The molecule has 2 aromatic rings. The Kier molecular flexibility index (Phi) is 3.86. The third-order valence-corrected chi connectivity index (χ3v) is 3.47. The molecule has 0 spiro atoms. The van der Waals surface area contributed by atoms with Crippen molar-refractivity contribution in [1.29, 1.82) is 0 Å². The van der Waals surface area contributed by atoms with Gasteiger partial charge in [-0.05, 0) is 48.2 Å². The minimum Gasteiger partial charge on any atom is -0.384 e. The highest BCUT2D eigenvalue weighted by atomic mass is 19.4. The van der Waals surface area contributed by atoms with Crippen LogP contribution in [0.5, 0.6) is 0 Å². The van der Waals surface area contributed by atoms with E-state index in [0.29, 0.717) is 5.56 Å². The molecule has 2 aromatic carbocycles. The first-order valence-electron chi connectivity index (χ1n) is 6.22.